The lowest BCUT2D eigenvalue weighted by molar-refractivity contribution is -0.116. The minimum Gasteiger partial charge on any atom is -0.491 e. The Morgan fingerprint density at radius 1 is 1.33 bits per heavy atom. The largest absolute Gasteiger partial charge is 0.491 e. The lowest BCUT2D eigenvalue weighted by atomic mass is 10.2. The van der Waals surface area contributed by atoms with Crippen LogP contribution in [0.5, 0.6) is 5.75 Å². The van der Waals surface area contributed by atoms with Crippen molar-refractivity contribution >= 4 is 17.9 Å². The summed E-state index contributed by atoms with van der Waals surface area (Å²) >= 11 is 0. The highest BCUT2D eigenvalue weighted by molar-refractivity contribution is 5.93. The molecule has 4 nitrogen and oxygen atoms in total. The number of aldehydes is 1. The smallest absolute Gasteiger partial charge is 0.224 e. The van der Waals surface area contributed by atoms with Crippen molar-refractivity contribution in [3.63, 3.8) is 0 Å². The first-order valence-electron chi connectivity index (χ1n) is 6.23. The van der Waals surface area contributed by atoms with Crippen LogP contribution in [0.25, 0.3) is 0 Å². The topological polar surface area (TPSA) is 55.4 Å². The van der Waals surface area contributed by atoms with E-state index in [1.165, 1.54) is 0 Å². The van der Waals surface area contributed by atoms with Crippen LogP contribution in [-0.4, -0.2) is 18.8 Å². The number of nitrogens with one attached hydrogen (secondary N) is 1. The maximum Gasteiger partial charge on any atom is 0.224 e. The van der Waals surface area contributed by atoms with Gasteiger partial charge >= 0.3 is 0 Å². The first-order chi connectivity index (χ1) is 8.71. The number of carbonyl (C=O) groups excluding carboxylic acids is 2. The lowest BCUT2D eigenvalue weighted by Gasteiger charge is -2.12. The Balaban J connectivity index is 2.88. The van der Waals surface area contributed by atoms with Gasteiger partial charge in [0.1, 0.15) is 12.0 Å². The molecule has 1 rings (SSSR count). The van der Waals surface area contributed by atoms with Crippen LogP contribution in [0.2, 0.25) is 0 Å². The monoisotopic (exact) mass is 249 g/mol. The van der Waals surface area contributed by atoms with Crippen molar-refractivity contribution in [3.8, 4) is 5.75 Å². The number of hydrogen-bond acceptors (Lipinski definition) is 3. The maximum atomic E-state index is 11.6. The van der Waals surface area contributed by atoms with Gasteiger partial charge in [0.25, 0.3) is 0 Å². The number of carbonyl (C=O) groups is 2. The van der Waals surface area contributed by atoms with Crippen molar-refractivity contribution in [1.29, 1.82) is 0 Å². The zero-order chi connectivity index (χ0) is 13.4. The second-order valence-corrected chi connectivity index (χ2v) is 4.02. The molecular weight excluding hydrogens is 230 g/mol. The quantitative estimate of drug-likeness (QED) is 0.756. The molecule has 0 saturated heterocycles. The van der Waals surface area contributed by atoms with Crippen molar-refractivity contribution in [3.05, 3.63) is 23.8 Å². The van der Waals surface area contributed by atoms with Crippen LogP contribution in [-0.2, 0) is 4.79 Å². The molecule has 4 heteroatoms. The summed E-state index contributed by atoms with van der Waals surface area (Å²) in [6, 6.07) is 5.01. The van der Waals surface area contributed by atoms with Crippen molar-refractivity contribution in [2.75, 3.05) is 11.9 Å². The van der Waals surface area contributed by atoms with Crippen LogP contribution in [0.15, 0.2) is 18.2 Å². The van der Waals surface area contributed by atoms with Crippen LogP contribution in [0.1, 0.15) is 43.5 Å². The predicted molar refractivity (Wildman–Crippen MR) is 71.2 cm³/mol. The van der Waals surface area contributed by atoms with Gasteiger partial charge in [-0.3, -0.25) is 9.59 Å². The number of rotatable bonds is 7. The van der Waals surface area contributed by atoms with E-state index in [4.69, 9.17) is 4.74 Å². The van der Waals surface area contributed by atoms with Crippen molar-refractivity contribution in [1.82, 2.24) is 0 Å². The summed E-state index contributed by atoms with van der Waals surface area (Å²) in [5.41, 5.74) is 1.08. The molecule has 0 heterocycles. The summed E-state index contributed by atoms with van der Waals surface area (Å²) in [4.78, 5) is 22.3. The normalized spacial score (nSPS) is 9.89. The van der Waals surface area contributed by atoms with Crippen LogP contribution < -0.4 is 10.1 Å². The van der Waals surface area contributed by atoms with E-state index in [1.54, 1.807) is 18.2 Å². The van der Waals surface area contributed by atoms with E-state index in [0.717, 1.165) is 19.1 Å². The maximum absolute atomic E-state index is 11.6. The molecule has 1 amide bonds. The molecule has 98 valence electrons. The Morgan fingerprint density at radius 3 is 2.72 bits per heavy atom. The van der Waals surface area contributed by atoms with Gasteiger partial charge in [0.2, 0.25) is 5.91 Å². The highest BCUT2D eigenvalue weighted by atomic mass is 16.5. The summed E-state index contributed by atoms with van der Waals surface area (Å²) in [7, 11) is 0. The van der Waals surface area contributed by atoms with E-state index in [1.807, 2.05) is 13.8 Å². The fourth-order valence-corrected chi connectivity index (χ4v) is 1.50. The first-order valence-corrected chi connectivity index (χ1v) is 6.23. The predicted octanol–water partition coefficient (Wildman–Crippen LogP) is 3.03. The lowest BCUT2D eigenvalue weighted by Crippen LogP contribution is -2.12. The summed E-state index contributed by atoms with van der Waals surface area (Å²) < 4.78 is 5.53. The van der Waals surface area contributed by atoms with E-state index in [2.05, 4.69) is 5.32 Å². The Kier molecular flexibility index (Phi) is 5.91. The van der Waals surface area contributed by atoms with E-state index in [-0.39, 0.29) is 5.91 Å². The molecule has 1 aromatic rings. The third kappa shape index (κ3) is 4.20. The molecule has 0 spiro atoms. The van der Waals surface area contributed by atoms with Crippen molar-refractivity contribution < 1.29 is 14.3 Å². The van der Waals surface area contributed by atoms with Gasteiger partial charge in [-0.05, 0) is 31.0 Å². The highest BCUT2D eigenvalue weighted by Crippen LogP contribution is 2.25. The molecule has 18 heavy (non-hydrogen) atoms. The van der Waals surface area contributed by atoms with Crippen LogP contribution in [0.4, 0.5) is 5.69 Å². The fraction of sp³-hybridized carbons (Fsp3) is 0.429. The number of ether oxygens (including phenoxy) is 1. The Hall–Kier alpha value is -1.84. The molecule has 0 bridgehead atoms. The minimum atomic E-state index is -0.0677. The summed E-state index contributed by atoms with van der Waals surface area (Å²) in [5, 5.41) is 2.77. The molecular formula is C14H19NO3. The number of amides is 1. The molecule has 1 N–H and O–H groups in total. The molecule has 0 aliphatic heterocycles. The Morgan fingerprint density at radius 2 is 2.11 bits per heavy atom. The van der Waals surface area contributed by atoms with Crippen LogP contribution in [0.3, 0.4) is 0 Å². The summed E-state index contributed by atoms with van der Waals surface area (Å²) in [6.45, 7) is 4.53. The van der Waals surface area contributed by atoms with Gasteiger partial charge in [-0.15, -0.1) is 0 Å². The number of benzene rings is 1. The van der Waals surface area contributed by atoms with Crippen molar-refractivity contribution in [2.45, 2.75) is 33.1 Å². The molecule has 0 saturated carbocycles. The second kappa shape index (κ2) is 7.48. The molecule has 0 fully saturated rings. The van der Waals surface area contributed by atoms with Gasteiger partial charge in [0.05, 0.1) is 12.3 Å². The first kappa shape index (κ1) is 14.2. The standard InChI is InChI=1S/C14H19NO3/c1-3-5-14(17)15-12-9-11(10-16)6-7-13(12)18-8-4-2/h6-7,9-10H,3-5,8H2,1-2H3,(H,15,17). The summed E-state index contributed by atoms with van der Waals surface area (Å²) in [5.74, 6) is 0.536. The molecule has 0 aliphatic carbocycles. The minimum absolute atomic E-state index is 0.0677. The highest BCUT2D eigenvalue weighted by Gasteiger charge is 2.08. The fourth-order valence-electron chi connectivity index (χ4n) is 1.50. The second-order valence-electron chi connectivity index (χ2n) is 4.02. The Bertz CT molecular complexity index is 416. The average Bonchev–Trinajstić information content (AvgIpc) is 2.37. The number of hydrogen-bond donors (Lipinski definition) is 1. The van der Waals surface area contributed by atoms with Gasteiger partial charge in [0, 0.05) is 12.0 Å². The van der Waals surface area contributed by atoms with Gasteiger partial charge < -0.3 is 10.1 Å². The molecule has 0 atom stereocenters. The molecule has 0 unspecified atom stereocenters. The van der Waals surface area contributed by atoms with Crippen molar-refractivity contribution in [2.24, 2.45) is 0 Å². The van der Waals surface area contributed by atoms with Crippen LogP contribution >= 0.6 is 0 Å². The molecule has 0 radical (unpaired) electrons. The zero-order valence-electron chi connectivity index (χ0n) is 10.9. The van der Waals surface area contributed by atoms with Crippen LogP contribution in [0, 0.1) is 0 Å². The van der Waals surface area contributed by atoms with Gasteiger partial charge in [-0.25, -0.2) is 0 Å². The van der Waals surface area contributed by atoms with Gasteiger partial charge in [-0.1, -0.05) is 13.8 Å². The van der Waals surface area contributed by atoms with E-state index in [0.29, 0.717) is 30.0 Å². The average molecular weight is 249 g/mol. The third-order valence-corrected chi connectivity index (χ3v) is 2.35. The number of anilines is 1. The SMILES string of the molecule is CCCOc1ccc(C=O)cc1NC(=O)CCC. The van der Waals surface area contributed by atoms with Gasteiger partial charge in [-0.2, -0.15) is 0 Å². The summed E-state index contributed by atoms with van der Waals surface area (Å²) in [6.07, 6.45) is 2.87. The van der Waals surface area contributed by atoms with E-state index in [9.17, 15) is 9.59 Å². The molecule has 0 aromatic heterocycles. The molecule has 0 aliphatic rings. The van der Waals surface area contributed by atoms with E-state index >= 15 is 0 Å². The van der Waals surface area contributed by atoms with Gasteiger partial charge in [0.15, 0.2) is 0 Å². The zero-order valence-corrected chi connectivity index (χ0v) is 10.9. The van der Waals surface area contributed by atoms with E-state index < -0.39 is 0 Å². The molecule has 1 aromatic carbocycles. The third-order valence-electron chi connectivity index (χ3n) is 2.35. The Labute approximate surface area is 107 Å².